The Morgan fingerprint density at radius 2 is 2.14 bits per heavy atom. The van der Waals surface area contributed by atoms with Crippen molar-refractivity contribution in [2.45, 2.75) is 26.4 Å². The summed E-state index contributed by atoms with van der Waals surface area (Å²) in [6, 6.07) is 6.06. The van der Waals surface area contributed by atoms with E-state index in [-0.39, 0.29) is 11.5 Å². The van der Waals surface area contributed by atoms with Crippen LogP contribution in [0.5, 0.6) is 5.75 Å². The summed E-state index contributed by atoms with van der Waals surface area (Å²) < 4.78 is 18.3. The fourth-order valence-corrected chi connectivity index (χ4v) is 1.08. The predicted octanol–water partition coefficient (Wildman–Crippen LogP) is 2.57. The average molecular weight is 196 g/mol. The number of para-hydroxylation sites is 1. The van der Waals surface area contributed by atoms with Gasteiger partial charge < -0.3 is 4.74 Å². The van der Waals surface area contributed by atoms with Crippen LogP contribution in [0.15, 0.2) is 24.3 Å². The van der Waals surface area contributed by atoms with Gasteiger partial charge in [0.1, 0.15) is 0 Å². The van der Waals surface area contributed by atoms with Crippen molar-refractivity contribution in [2.24, 2.45) is 0 Å². The Labute approximate surface area is 82.7 Å². The van der Waals surface area contributed by atoms with Crippen LogP contribution >= 0.6 is 0 Å². The summed E-state index contributed by atoms with van der Waals surface area (Å²) in [4.78, 5) is 11.2. The van der Waals surface area contributed by atoms with Gasteiger partial charge in [-0.1, -0.05) is 19.1 Å². The van der Waals surface area contributed by atoms with Gasteiger partial charge in [-0.2, -0.15) is 0 Å². The molecule has 14 heavy (non-hydrogen) atoms. The molecule has 0 spiro atoms. The van der Waals surface area contributed by atoms with Crippen LogP contribution in [0.25, 0.3) is 0 Å². The maximum absolute atomic E-state index is 13.1. The molecule has 3 heteroatoms. The van der Waals surface area contributed by atoms with Gasteiger partial charge in [0, 0.05) is 6.42 Å². The maximum atomic E-state index is 13.1. The molecule has 0 radical (unpaired) electrons. The molecule has 1 unspecified atom stereocenters. The minimum absolute atomic E-state index is 0.0340. The Balaban J connectivity index is 2.69. The van der Waals surface area contributed by atoms with Crippen molar-refractivity contribution in [3.63, 3.8) is 0 Å². The van der Waals surface area contributed by atoms with Crippen molar-refractivity contribution in [1.29, 1.82) is 0 Å². The lowest BCUT2D eigenvalue weighted by Gasteiger charge is -2.12. The SMILES string of the molecule is CCC(=O)C(C)Oc1ccccc1F. The lowest BCUT2D eigenvalue weighted by atomic mass is 10.2. The second-order valence-electron chi connectivity index (χ2n) is 3.01. The number of rotatable bonds is 4. The maximum Gasteiger partial charge on any atom is 0.172 e. The number of benzene rings is 1. The fourth-order valence-electron chi connectivity index (χ4n) is 1.08. The second-order valence-corrected chi connectivity index (χ2v) is 3.01. The molecule has 1 rings (SSSR count). The first-order chi connectivity index (χ1) is 6.65. The molecule has 0 bridgehead atoms. The number of hydrogen-bond donors (Lipinski definition) is 0. The van der Waals surface area contributed by atoms with Crippen LogP contribution in [0.3, 0.4) is 0 Å². The van der Waals surface area contributed by atoms with E-state index in [0.29, 0.717) is 6.42 Å². The zero-order valence-corrected chi connectivity index (χ0v) is 8.29. The highest BCUT2D eigenvalue weighted by atomic mass is 19.1. The minimum atomic E-state index is -0.586. The first-order valence-electron chi connectivity index (χ1n) is 4.59. The molecule has 1 aromatic rings. The first-order valence-corrected chi connectivity index (χ1v) is 4.59. The summed E-state index contributed by atoms with van der Waals surface area (Å²) in [6.07, 6.45) is -0.188. The van der Waals surface area contributed by atoms with Crippen LogP contribution in [-0.2, 0) is 4.79 Å². The molecule has 0 aliphatic heterocycles. The smallest absolute Gasteiger partial charge is 0.172 e. The number of carbonyl (C=O) groups excluding carboxylic acids is 1. The number of hydrogen-bond acceptors (Lipinski definition) is 2. The summed E-state index contributed by atoms with van der Waals surface area (Å²) in [7, 11) is 0. The summed E-state index contributed by atoms with van der Waals surface area (Å²) in [6.45, 7) is 3.38. The highest BCUT2D eigenvalue weighted by Crippen LogP contribution is 2.17. The molecule has 0 aliphatic rings. The van der Waals surface area contributed by atoms with Crippen LogP contribution in [0.1, 0.15) is 20.3 Å². The monoisotopic (exact) mass is 196 g/mol. The van der Waals surface area contributed by atoms with Crippen molar-refractivity contribution < 1.29 is 13.9 Å². The molecule has 0 aromatic heterocycles. The number of ether oxygens (including phenoxy) is 1. The molecule has 0 N–H and O–H groups in total. The molecule has 2 nitrogen and oxygen atoms in total. The van der Waals surface area contributed by atoms with Crippen molar-refractivity contribution in [1.82, 2.24) is 0 Å². The summed E-state index contributed by atoms with van der Waals surface area (Å²) in [5, 5.41) is 0. The van der Waals surface area contributed by atoms with Gasteiger partial charge in [0.05, 0.1) is 0 Å². The van der Waals surface area contributed by atoms with E-state index in [1.165, 1.54) is 12.1 Å². The number of halogens is 1. The van der Waals surface area contributed by atoms with Gasteiger partial charge in [0.25, 0.3) is 0 Å². The normalized spacial score (nSPS) is 12.2. The van der Waals surface area contributed by atoms with Crippen LogP contribution in [-0.4, -0.2) is 11.9 Å². The van der Waals surface area contributed by atoms with E-state index in [2.05, 4.69) is 0 Å². The van der Waals surface area contributed by atoms with Gasteiger partial charge in [-0.15, -0.1) is 0 Å². The standard InChI is InChI=1S/C11H13FO2/c1-3-10(13)8(2)14-11-7-5-4-6-9(11)12/h4-8H,3H2,1-2H3. The van der Waals surface area contributed by atoms with E-state index in [0.717, 1.165) is 0 Å². The third-order valence-electron chi connectivity index (χ3n) is 1.94. The Kier molecular flexibility index (Phi) is 3.63. The molecule has 1 atom stereocenters. The summed E-state index contributed by atoms with van der Waals surface area (Å²) in [5.74, 6) is -0.349. The van der Waals surface area contributed by atoms with E-state index in [1.807, 2.05) is 0 Å². The first kappa shape index (κ1) is 10.7. The number of ketones is 1. The lowest BCUT2D eigenvalue weighted by molar-refractivity contribution is -0.124. The Hall–Kier alpha value is -1.38. The van der Waals surface area contributed by atoms with Gasteiger partial charge in [-0.05, 0) is 19.1 Å². The molecule has 0 saturated carbocycles. The highest BCUT2D eigenvalue weighted by molar-refractivity contribution is 5.82. The highest BCUT2D eigenvalue weighted by Gasteiger charge is 2.13. The zero-order valence-electron chi connectivity index (χ0n) is 8.29. The second kappa shape index (κ2) is 4.74. The van der Waals surface area contributed by atoms with Crippen LogP contribution in [0, 0.1) is 5.82 Å². The Bertz CT molecular complexity index is 323. The topological polar surface area (TPSA) is 26.3 Å². The van der Waals surface area contributed by atoms with E-state index in [1.54, 1.807) is 26.0 Å². The third-order valence-corrected chi connectivity index (χ3v) is 1.94. The molecule has 0 heterocycles. The third kappa shape index (κ3) is 2.55. The molecule has 0 saturated heterocycles. The fraction of sp³-hybridized carbons (Fsp3) is 0.364. The van der Waals surface area contributed by atoms with E-state index in [4.69, 9.17) is 4.74 Å². The molecule has 0 amide bonds. The summed E-state index contributed by atoms with van der Waals surface area (Å²) in [5.41, 5.74) is 0. The molecular formula is C11H13FO2. The van der Waals surface area contributed by atoms with E-state index >= 15 is 0 Å². The van der Waals surface area contributed by atoms with E-state index < -0.39 is 11.9 Å². The Morgan fingerprint density at radius 1 is 1.50 bits per heavy atom. The largest absolute Gasteiger partial charge is 0.480 e. The predicted molar refractivity (Wildman–Crippen MR) is 51.8 cm³/mol. The summed E-state index contributed by atoms with van der Waals surface area (Å²) >= 11 is 0. The lowest BCUT2D eigenvalue weighted by Crippen LogP contribution is -2.23. The minimum Gasteiger partial charge on any atom is -0.480 e. The quantitative estimate of drug-likeness (QED) is 0.739. The molecule has 0 fully saturated rings. The van der Waals surface area contributed by atoms with Gasteiger partial charge in [0.15, 0.2) is 23.5 Å². The van der Waals surface area contributed by atoms with Gasteiger partial charge >= 0.3 is 0 Å². The number of Topliss-reactive ketones (excluding diaryl/α,β-unsaturated/α-hetero) is 1. The van der Waals surface area contributed by atoms with Gasteiger partial charge in [-0.25, -0.2) is 4.39 Å². The van der Waals surface area contributed by atoms with Crippen LogP contribution in [0.2, 0.25) is 0 Å². The van der Waals surface area contributed by atoms with Gasteiger partial charge in [0.2, 0.25) is 0 Å². The molecule has 76 valence electrons. The number of carbonyl (C=O) groups is 1. The van der Waals surface area contributed by atoms with Crippen LogP contribution in [0.4, 0.5) is 4.39 Å². The molecular weight excluding hydrogens is 183 g/mol. The van der Waals surface area contributed by atoms with Crippen molar-refractivity contribution in [3.8, 4) is 5.75 Å². The zero-order chi connectivity index (χ0) is 10.6. The van der Waals surface area contributed by atoms with Crippen molar-refractivity contribution >= 4 is 5.78 Å². The average Bonchev–Trinajstić information content (AvgIpc) is 2.20. The van der Waals surface area contributed by atoms with Crippen LogP contribution < -0.4 is 4.74 Å². The molecule has 0 aliphatic carbocycles. The van der Waals surface area contributed by atoms with Crippen molar-refractivity contribution in [2.75, 3.05) is 0 Å². The Morgan fingerprint density at radius 3 is 2.71 bits per heavy atom. The molecule has 1 aromatic carbocycles. The van der Waals surface area contributed by atoms with E-state index in [9.17, 15) is 9.18 Å². The van der Waals surface area contributed by atoms with Gasteiger partial charge in [-0.3, -0.25) is 4.79 Å². The van der Waals surface area contributed by atoms with Crippen molar-refractivity contribution in [3.05, 3.63) is 30.1 Å².